The molecule has 0 atom stereocenters. The van der Waals surface area contributed by atoms with Crippen molar-refractivity contribution in [2.45, 2.75) is 19.3 Å². The molecule has 0 radical (unpaired) electrons. The number of thiophene rings is 1. The van der Waals surface area contributed by atoms with Gasteiger partial charge in [0.25, 0.3) is 0 Å². The summed E-state index contributed by atoms with van der Waals surface area (Å²) in [6.07, 6.45) is 0. The first-order chi connectivity index (χ1) is 25.5. The van der Waals surface area contributed by atoms with E-state index in [4.69, 9.17) is 9.97 Å². The van der Waals surface area contributed by atoms with Crippen molar-refractivity contribution in [3.63, 3.8) is 0 Å². The Hall–Kier alpha value is -6.16. The van der Waals surface area contributed by atoms with Gasteiger partial charge in [-0.05, 0) is 87.0 Å². The van der Waals surface area contributed by atoms with Crippen LogP contribution in [-0.4, -0.2) is 9.97 Å². The second kappa shape index (κ2) is 12.0. The Morgan fingerprint density at radius 3 is 1.85 bits per heavy atom. The Kier molecular flexibility index (Phi) is 7.06. The Morgan fingerprint density at radius 1 is 0.404 bits per heavy atom. The van der Waals surface area contributed by atoms with E-state index >= 15 is 0 Å². The number of fused-ring (bicyclic) bond motifs is 6. The van der Waals surface area contributed by atoms with Gasteiger partial charge in [-0.3, -0.25) is 0 Å². The minimum Gasteiger partial charge on any atom is -0.228 e. The van der Waals surface area contributed by atoms with Crippen molar-refractivity contribution in [3.05, 3.63) is 181 Å². The molecule has 0 saturated heterocycles. The first-order valence-electron chi connectivity index (χ1n) is 17.8. The molecule has 0 bridgehead atoms. The lowest BCUT2D eigenvalue weighted by atomic mass is 9.79. The fourth-order valence-corrected chi connectivity index (χ4v) is 9.24. The normalized spacial score (nSPS) is 13.0. The van der Waals surface area contributed by atoms with E-state index in [1.165, 1.54) is 53.6 Å². The van der Waals surface area contributed by atoms with Gasteiger partial charge in [0, 0.05) is 42.3 Å². The molecule has 0 unspecified atom stereocenters. The molecule has 52 heavy (non-hydrogen) atoms. The zero-order valence-corrected chi connectivity index (χ0v) is 29.8. The lowest BCUT2D eigenvalue weighted by Crippen LogP contribution is -2.16. The van der Waals surface area contributed by atoms with Gasteiger partial charge in [-0.2, -0.15) is 0 Å². The molecule has 0 fully saturated rings. The molecule has 1 aliphatic rings. The van der Waals surface area contributed by atoms with Gasteiger partial charge >= 0.3 is 0 Å². The zero-order valence-electron chi connectivity index (χ0n) is 29.0. The van der Waals surface area contributed by atoms with E-state index in [0.717, 1.165) is 45.0 Å². The molecule has 0 N–H and O–H groups in total. The summed E-state index contributed by atoms with van der Waals surface area (Å²) in [6.45, 7) is 4.68. The Bertz CT molecular complexity index is 2810. The van der Waals surface area contributed by atoms with Crippen molar-refractivity contribution >= 4 is 31.5 Å². The first kappa shape index (κ1) is 30.6. The van der Waals surface area contributed by atoms with Crippen molar-refractivity contribution in [2.75, 3.05) is 0 Å². The van der Waals surface area contributed by atoms with Crippen LogP contribution in [0.5, 0.6) is 0 Å². The van der Waals surface area contributed by atoms with Crippen LogP contribution in [0.4, 0.5) is 0 Å². The highest BCUT2D eigenvalue weighted by Crippen LogP contribution is 2.52. The van der Waals surface area contributed by atoms with Crippen LogP contribution in [-0.2, 0) is 5.41 Å². The van der Waals surface area contributed by atoms with Crippen LogP contribution < -0.4 is 0 Å². The number of aromatic nitrogens is 2. The number of benzene rings is 7. The molecular formula is C49H34N2S. The number of hydrogen-bond donors (Lipinski definition) is 0. The molecule has 0 saturated carbocycles. The second-order valence-corrected chi connectivity index (χ2v) is 15.3. The van der Waals surface area contributed by atoms with Crippen LogP contribution in [0.1, 0.15) is 25.0 Å². The van der Waals surface area contributed by atoms with E-state index < -0.39 is 0 Å². The number of nitrogens with zero attached hydrogens (tertiary/aromatic N) is 2. The molecule has 0 aliphatic heterocycles. The minimum absolute atomic E-state index is 0.175. The molecule has 10 rings (SSSR count). The van der Waals surface area contributed by atoms with E-state index in [-0.39, 0.29) is 5.41 Å². The third kappa shape index (κ3) is 5.00. The van der Waals surface area contributed by atoms with Crippen molar-refractivity contribution in [1.29, 1.82) is 0 Å². The zero-order chi connectivity index (χ0) is 34.8. The van der Waals surface area contributed by atoms with Crippen LogP contribution in [0, 0.1) is 0 Å². The van der Waals surface area contributed by atoms with Crippen LogP contribution in [0.15, 0.2) is 170 Å². The smallest absolute Gasteiger partial charge is 0.160 e. The molecular weight excluding hydrogens is 649 g/mol. The molecule has 2 nitrogen and oxygen atoms in total. The van der Waals surface area contributed by atoms with Crippen molar-refractivity contribution < 1.29 is 0 Å². The maximum atomic E-state index is 5.31. The summed E-state index contributed by atoms with van der Waals surface area (Å²) in [5, 5.41) is 2.60. The standard InChI is InChI=1S/C49H34N2S/c1-49(2)42-22-11-9-18-37(42)39-20-13-21-40(47(39)49)44-30-43(50-48(51-44)32-16-7-4-8-17-32)36-27-34(31-14-5-3-6-15-31)26-35(28-36)33-24-25-46-41(29-33)38-19-10-12-23-45(38)52-46/h3-30H,1-2H3. The summed E-state index contributed by atoms with van der Waals surface area (Å²) in [5.74, 6) is 0.719. The maximum absolute atomic E-state index is 5.31. The van der Waals surface area contributed by atoms with E-state index in [1.807, 2.05) is 17.4 Å². The second-order valence-electron chi connectivity index (χ2n) is 14.2. The summed E-state index contributed by atoms with van der Waals surface area (Å²) in [5.41, 5.74) is 14.8. The highest BCUT2D eigenvalue weighted by molar-refractivity contribution is 7.25. The highest BCUT2D eigenvalue weighted by Gasteiger charge is 2.37. The van der Waals surface area contributed by atoms with Crippen molar-refractivity contribution in [2.24, 2.45) is 0 Å². The summed E-state index contributed by atoms with van der Waals surface area (Å²) < 4.78 is 2.62. The van der Waals surface area contributed by atoms with Crippen LogP contribution >= 0.6 is 11.3 Å². The Balaban J connectivity index is 1.21. The predicted molar refractivity (Wildman–Crippen MR) is 220 cm³/mol. The number of hydrogen-bond acceptors (Lipinski definition) is 3. The van der Waals surface area contributed by atoms with Crippen molar-refractivity contribution in [3.8, 4) is 67.3 Å². The van der Waals surface area contributed by atoms with Gasteiger partial charge in [0.05, 0.1) is 11.4 Å². The molecule has 0 spiro atoms. The van der Waals surface area contributed by atoms with Crippen LogP contribution in [0.2, 0.25) is 0 Å². The SMILES string of the molecule is CC1(C)c2ccccc2-c2cccc(-c3cc(-c4cc(-c5ccccc5)cc(-c5ccc6sc7ccccc7c6c5)c4)nc(-c4ccccc4)n3)c21. The van der Waals surface area contributed by atoms with E-state index in [0.29, 0.717) is 0 Å². The third-order valence-corrected chi connectivity index (χ3v) is 11.8. The fourth-order valence-electron chi connectivity index (χ4n) is 8.16. The van der Waals surface area contributed by atoms with Gasteiger partial charge in [-0.25, -0.2) is 9.97 Å². The van der Waals surface area contributed by atoms with Gasteiger partial charge in [0.15, 0.2) is 5.82 Å². The molecule has 2 heterocycles. The average Bonchev–Trinajstić information content (AvgIpc) is 3.70. The van der Waals surface area contributed by atoms with E-state index in [9.17, 15) is 0 Å². The lowest BCUT2D eigenvalue weighted by Gasteiger charge is -2.24. The largest absolute Gasteiger partial charge is 0.228 e. The van der Waals surface area contributed by atoms with Gasteiger partial charge in [0.2, 0.25) is 0 Å². The maximum Gasteiger partial charge on any atom is 0.160 e. The van der Waals surface area contributed by atoms with Crippen molar-refractivity contribution in [1.82, 2.24) is 9.97 Å². The van der Waals surface area contributed by atoms with Gasteiger partial charge in [-0.15, -0.1) is 11.3 Å². The first-order valence-corrected chi connectivity index (χ1v) is 18.6. The summed E-state index contributed by atoms with van der Waals surface area (Å²) in [6, 6.07) is 61.2. The predicted octanol–water partition coefficient (Wildman–Crippen LogP) is 13.5. The Morgan fingerprint density at radius 2 is 1.02 bits per heavy atom. The summed E-state index contributed by atoms with van der Waals surface area (Å²) >= 11 is 1.85. The Labute approximate surface area is 307 Å². The van der Waals surface area contributed by atoms with Gasteiger partial charge in [-0.1, -0.05) is 141 Å². The van der Waals surface area contributed by atoms with Crippen LogP contribution in [0.3, 0.4) is 0 Å². The summed E-state index contributed by atoms with van der Waals surface area (Å²) in [7, 11) is 0. The van der Waals surface area contributed by atoms with E-state index in [2.05, 4.69) is 178 Å². The van der Waals surface area contributed by atoms with E-state index in [1.54, 1.807) is 0 Å². The fraction of sp³-hybridized carbons (Fsp3) is 0.0612. The van der Waals surface area contributed by atoms with Crippen LogP contribution in [0.25, 0.3) is 87.5 Å². The lowest BCUT2D eigenvalue weighted by molar-refractivity contribution is 0.662. The quantitative estimate of drug-likeness (QED) is 0.181. The summed E-state index contributed by atoms with van der Waals surface area (Å²) in [4.78, 5) is 10.6. The topological polar surface area (TPSA) is 25.8 Å². The average molecular weight is 683 g/mol. The third-order valence-electron chi connectivity index (χ3n) is 10.7. The van der Waals surface area contributed by atoms with Gasteiger partial charge in [0.1, 0.15) is 0 Å². The minimum atomic E-state index is -0.175. The molecule has 9 aromatic rings. The molecule has 1 aliphatic carbocycles. The molecule has 3 heteroatoms. The number of rotatable bonds is 5. The highest BCUT2D eigenvalue weighted by atomic mass is 32.1. The molecule has 2 aromatic heterocycles. The molecule has 246 valence electrons. The molecule has 0 amide bonds. The monoisotopic (exact) mass is 682 g/mol. The molecule has 7 aromatic carbocycles. The van der Waals surface area contributed by atoms with Gasteiger partial charge < -0.3 is 0 Å².